The fourth-order valence-corrected chi connectivity index (χ4v) is 9.27. The lowest BCUT2D eigenvalue weighted by Gasteiger charge is -2.32. The summed E-state index contributed by atoms with van der Waals surface area (Å²) in [4.78, 5) is 7.66. The van der Waals surface area contributed by atoms with Gasteiger partial charge in [-0.05, 0) is 58.7 Å². The lowest BCUT2D eigenvalue weighted by molar-refractivity contribution is 0.409. The quantitative estimate of drug-likeness (QED) is 0.184. The molecule has 12 rings (SSSR count). The molecule has 4 unspecified atom stereocenters. The van der Waals surface area contributed by atoms with Gasteiger partial charge in [0.2, 0.25) is 0 Å². The van der Waals surface area contributed by atoms with Gasteiger partial charge in [0.05, 0.1) is 6.04 Å². The Morgan fingerprint density at radius 2 is 1.37 bits per heavy atom. The van der Waals surface area contributed by atoms with Crippen molar-refractivity contribution in [2.45, 2.75) is 24.3 Å². The lowest BCUT2D eigenvalue weighted by Crippen LogP contribution is -2.44. The normalized spacial score (nSPS) is 19.9. The number of amidine groups is 1. The molecule has 2 N–H and O–H groups in total. The van der Waals surface area contributed by atoms with E-state index in [9.17, 15) is 0 Å². The fourth-order valence-electron chi connectivity index (χ4n) is 9.27. The molecular formula is C51H36N4O2. The van der Waals surface area contributed by atoms with E-state index in [1.807, 2.05) is 24.3 Å². The number of fused-ring (bicyclic) bond motifs is 9. The van der Waals surface area contributed by atoms with Crippen LogP contribution < -0.4 is 15.5 Å². The molecule has 0 fully saturated rings. The predicted octanol–water partition coefficient (Wildman–Crippen LogP) is 12.2. The topological polar surface area (TPSA) is 65.9 Å². The Morgan fingerprint density at radius 3 is 2.28 bits per heavy atom. The van der Waals surface area contributed by atoms with Crippen LogP contribution in [0, 0.1) is 0 Å². The van der Waals surface area contributed by atoms with Gasteiger partial charge in [-0.2, -0.15) is 0 Å². The second-order valence-corrected chi connectivity index (χ2v) is 15.1. The number of anilines is 2. The van der Waals surface area contributed by atoms with Crippen molar-refractivity contribution in [3.05, 3.63) is 204 Å². The van der Waals surface area contributed by atoms with Gasteiger partial charge in [-0.25, -0.2) is 4.99 Å². The molecule has 3 aliphatic rings. The van der Waals surface area contributed by atoms with Crippen LogP contribution in [0.2, 0.25) is 0 Å². The molecule has 57 heavy (non-hydrogen) atoms. The molecule has 9 aromatic rings. The van der Waals surface area contributed by atoms with Crippen LogP contribution in [-0.2, 0) is 0 Å². The van der Waals surface area contributed by atoms with E-state index in [0.717, 1.165) is 83.2 Å². The van der Waals surface area contributed by atoms with Gasteiger partial charge in [0.1, 0.15) is 40.5 Å². The number of hydrogen-bond acceptors (Lipinski definition) is 6. The minimum absolute atomic E-state index is 0.120. The molecule has 0 saturated carbocycles. The zero-order chi connectivity index (χ0) is 37.5. The second-order valence-electron chi connectivity index (χ2n) is 15.1. The third kappa shape index (κ3) is 5.11. The summed E-state index contributed by atoms with van der Waals surface area (Å²) in [5.41, 5.74) is 12.5. The van der Waals surface area contributed by atoms with E-state index in [4.69, 9.17) is 13.8 Å². The molecule has 272 valence electrons. The van der Waals surface area contributed by atoms with Gasteiger partial charge in [0.15, 0.2) is 0 Å². The van der Waals surface area contributed by atoms with Gasteiger partial charge < -0.3 is 19.1 Å². The summed E-state index contributed by atoms with van der Waals surface area (Å²) in [5, 5.41) is 11.7. The molecule has 0 spiro atoms. The SMILES string of the molecule is C1=CC2c3ccccc3N(c3ccc4oc5cccc(-c6cccc7c6oc6cc(C8N=C(c9ccccc9)NC(c9ccccc9)N8)ccc67)c5c4c3)C2C=C1. The maximum absolute atomic E-state index is 6.89. The number of benzene rings is 7. The monoisotopic (exact) mass is 736 g/mol. The first-order chi connectivity index (χ1) is 28.2. The minimum Gasteiger partial charge on any atom is -0.456 e. The molecule has 6 nitrogen and oxygen atoms in total. The summed E-state index contributed by atoms with van der Waals surface area (Å²) >= 11 is 0. The van der Waals surface area contributed by atoms with Crippen molar-refractivity contribution in [3.63, 3.8) is 0 Å². The van der Waals surface area contributed by atoms with Crippen molar-refractivity contribution >= 4 is 61.1 Å². The highest BCUT2D eigenvalue weighted by atomic mass is 16.3. The smallest absolute Gasteiger partial charge is 0.143 e. The number of aliphatic imine (C=N–C) groups is 1. The molecule has 6 heteroatoms. The zero-order valence-electron chi connectivity index (χ0n) is 30.8. The van der Waals surface area contributed by atoms with Gasteiger partial charge in [-0.1, -0.05) is 146 Å². The van der Waals surface area contributed by atoms with Crippen molar-refractivity contribution in [1.82, 2.24) is 10.6 Å². The highest BCUT2D eigenvalue weighted by molar-refractivity contribution is 6.17. The summed E-state index contributed by atoms with van der Waals surface area (Å²) in [6.07, 6.45) is 8.57. The molecule has 0 radical (unpaired) electrons. The first kappa shape index (κ1) is 32.1. The summed E-state index contributed by atoms with van der Waals surface area (Å²) < 4.78 is 13.4. The Balaban J connectivity index is 0.973. The van der Waals surface area contributed by atoms with E-state index in [-0.39, 0.29) is 18.4 Å². The highest BCUT2D eigenvalue weighted by Crippen LogP contribution is 2.49. The minimum atomic E-state index is -0.290. The second kappa shape index (κ2) is 12.7. The Morgan fingerprint density at radius 1 is 0.561 bits per heavy atom. The standard InChI is InChI=1S/C51H36N4O2/c1-3-13-31(14-4-1)49-52-50(32-15-5-2-6-16-32)54-51(53-49)33-25-27-37-39-20-11-21-40(48(39)57-46(37)29-33)38-19-12-24-45-47(38)41-30-34(26-28-44(41)56-45)55-42-22-9-7-17-35(42)36-18-8-10-23-43(36)55/h1-30,35,42,49,51,53H,(H,52,54). The molecule has 2 aliphatic heterocycles. The van der Waals surface area contributed by atoms with Crippen LogP contribution in [0.5, 0.6) is 0 Å². The van der Waals surface area contributed by atoms with Crippen molar-refractivity contribution in [3.8, 4) is 11.1 Å². The lowest BCUT2D eigenvalue weighted by atomic mass is 9.91. The Labute approximate surface area is 329 Å². The summed E-state index contributed by atoms with van der Waals surface area (Å²) in [7, 11) is 0. The summed E-state index contributed by atoms with van der Waals surface area (Å²) in [6, 6.07) is 55.7. The molecule has 0 amide bonds. The highest BCUT2D eigenvalue weighted by Gasteiger charge is 2.37. The van der Waals surface area contributed by atoms with Crippen LogP contribution >= 0.6 is 0 Å². The van der Waals surface area contributed by atoms with Crippen molar-refractivity contribution in [1.29, 1.82) is 0 Å². The Bertz CT molecular complexity index is 3120. The van der Waals surface area contributed by atoms with Crippen LogP contribution in [-0.4, -0.2) is 11.9 Å². The number of hydrogen-bond donors (Lipinski definition) is 2. The maximum Gasteiger partial charge on any atom is 0.143 e. The molecular weight excluding hydrogens is 701 g/mol. The number of rotatable bonds is 5. The average Bonchev–Trinajstić information content (AvgIpc) is 3.96. The van der Waals surface area contributed by atoms with Crippen molar-refractivity contribution in [2.75, 3.05) is 4.90 Å². The van der Waals surface area contributed by atoms with Gasteiger partial charge in [-0.3, -0.25) is 5.32 Å². The average molecular weight is 737 g/mol. The zero-order valence-corrected chi connectivity index (χ0v) is 30.8. The number of para-hydroxylation sites is 2. The Hall–Kier alpha value is -7.15. The third-order valence-electron chi connectivity index (χ3n) is 11.9. The molecule has 0 saturated heterocycles. The van der Waals surface area contributed by atoms with E-state index in [2.05, 4.69) is 173 Å². The molecule has 4 atom stereocenters. The number of furan rings is 2. The first-order valence-electron chi connectivity index (χ1n) is 19.6. The maximum atomic E-state index is 6.89. The molecule has 1 aliphatic carbocycles. The Kier molecular flexibility index (Phi) is 7.16. The van der Waals surface area contributed by atoms with Gasteiger partial charge in [0, 0.05) is 50.0 Å². The fraction of sp³-hybridized carbons (Fsp3) is 0.0784. The first-order valence-corrected chi connectivity index (χ1v) is 19.6. The van der Waals surface area contributed by atoms with Crippen LogP contribution in [0.1, 0.15) is 40.5 Å². The van der Waals surface area contributed by atoms with Gasteiger partial charge >= 0.3 is 0 Å². The molecule has 4 heterocycles. The van der Waals surface area contributed by atoms with Crippen LogP contribution in [0.25, 0.3) is 55.0 Å². The van der Waals surface area contributed by atoms with Gasteiger partial charge in [-0.15, -0.1) is 0 Å². The summed E-state index contributed by atoms with van der Waals surface area (Å²) in [5.74, 6) is 1.17. The molecule has 7 aromatic carbocycles. The predicted molar refractivity (Wildman–Crippen MR) is 231 cm³/mol. The number of nitrogens with zero attached hydrogens (tertiary/aromatic N) is 2. The van der Waals surface area contributed by atoms with Crippen LogP contribution in [0.3, 0.4) is 0 Å². The van der Waals surface area contributed by atoms with E-state index in [0.29, 0.717) is 5.92 Å². The van der Waals surface area contributed by atoms with Gasteiger partial charge in [0.25, 0.3) is 0 Å². The summed E-state index contributed by atoms with van der Waals surface area (Å²) in [6.45, 7) is 0. The third-order valence-corrected chi connectivity index (χ3v) is 11.9. The van der Waals surface area contributed by atoms with Crippen LogP contribution in [0.15, 0.2) is 196 Å². The van der Waals surface area contributed by atoms with E-state index in [1.165, 1.54) is 11.3 Å². The molecule has 0 bridgehead atoms. The van der Waals surface area contributed by atoms with E-state index in [1.54, 1.807) is 0 Å². The van der Waals surface area contributed by atoms with E-state index >= 15 is 0 Å². The van der Waals surface area contributed by atoms with E-state index < -0.39 is 0 Å². The van der Waals surface area contributed by atoms with Crippen LogP contribution in [0.4, 0.5) is 11.4 Å². The molecule has 2 aromatic heterocycles. The number of allylic oxidation sites excluding steroid dienone is 2. The van der Waals surface area contributed by atoms with Crippen molar-refractivity contribution < 1.29 is 8.83 Å². The number of nitrogens with one attached hydrogen (secondary N) is 2. The largest absolute Gasteiger partial charge is 0.456 e. The van der Waals surface area contributed by atoms with Crippen molar-refractivity contribution in [2.24, 2.45) is 4.99 Å².